The molecule has 6 heteroatoms. The number of amides is 1. The molecule has 134 valence electrons. The van der Waals surface area contributed by atoms with Crippen LogP contribution in [0.2, 0.25) is 0 Å². The van der Waals surface area contributed by atoms with Gasteiger partial charge in [0.1, 0.15) is 5.82 Å². The van der Waals surface area contributed by atoms with E-state index in [2.05, 4.69) is 10.3 Å². The van der Waals surface area contributed by atoms with Crippen LogP contribution in [0.4, 0.5) is 10.1 Å². The molecule has 2 aromatic heterocycles. The van der Waals surface area contributed by atoms with Gasteiger partial charge in [0.2, 0.25) is 0 Å². The zero-order chi connectivity index (χ0) is 18.8. The molecule has 0 aliphatic rings. The van der Waals surface area contributed by atoms with Crippen molar-refractivity contribution in [3.8, 4) is 17.0 Å². The van der Waals surface area contributed by atoms with E-state index >= 15 is 0 Å². The summed E-state index contributed by atoms with van der Waals surface area (Å²) in [5.41, 5.74) is 2.68. The van der Waals surface area contributed by atoms with Crippen LogP contribution in [0.15, 0.2) is 77.8 Å². The van der Waals surface area contributed by atoms with Crippen LogP contribution in [0.25, 0.3) is 17.0 Å². The lowest BCUT2D eigenvalue weighted by atomic mass is 10.1. The number of aryl methyl sites for hydroxylation is 1. The highest BCUT2D eigenvalue weighted by molar-refractivity contribution is 6.06. The molecule has 0 bridgehead atoms. The van der Waals surface area contributed by atoms with Gasteiger partial charge in [0.15, 0.2) is 17.8 Å². The third-order valence-corrected chi connectivity index (χ3v) is 4.27. The molecule has 0 unspecified atom stereocenters. The Morgan fingerprint density at radius 3 is 2.67 bits per heavy atom. The summed E-state index contributed by atoms with van der Waals surface area (Å²) in [5.74, 6) is -0.839. The van der Waals surface area contributed by atoms with E-state index in [4.69, 9.17) is 4.42 Å². The predicted octanol–water partition coefficient (Wildman–Crippen LogP) is 4.83. The Morgan fingerprint density at radius 1 is 1.11 bits per heavy atom. The SMILES string of the molecule is Cc1ccc(-n2cccc2)cc1NC(=O)c1ncoc1-c1ccccc1F. The minimum Gasteiger partial charge on any atom is -0.443 e. The van der Waals surface area contributed by atoms with Crippen molar-refractivity contribution in [3.05, 3.63) is 90.5 Å². The maximum atomic E-state index is 14.1. The summed E-state index contributed by atoms with van der Waals surface area (Å²) in [6.07, 6.45) is 4.98. The zero-order valence-electron chi connectivity index (χ0n) is 14.5. The number of hydrogen-bond acceptors (Lipinski definition) is 3. The maximum Gasteiger partial charge on any atom is 0.278 e. The fourth-order valence-electron chi connectivity index (χ4n) is 2.84. The minimum absolute atomic E-state index is 0.0332. The molecule has 2 heterocycles. The van der Waals surface area contributed by atoms with Crippen LogP contribution in [0, 0.1) is 12.7 Å². The van der Waals surface area contributed by atoms with Gasteiger partial charge in [-0.05, 0) is 48.9 Å². The molecule has 0 saturated heterocycles. The second-order valence-electron chi connectivity index (χ2n) is 6.05. The highest BCUT2D eigenvalue weighted by Crippen LogP contribution is 2.27. The molecule has 0 atom stereocenters. The third kappa shape index (κ3) is 3.25. The van der Waals surface area contributed by atoms with Crippen LogP contribution in [0.1, 0.15) is 16.1 Å². The van der Waals surface area contributed by atoms with Gasteiger partial charge >= 0.3 is 0 Å². The summed E-state index contributed by atoms with van der Waals surface area (Å²) in [7, 11) is 0. The quantitative estimate of drug-likeness (QED) is 0.566. The molecule has 0 fully saturated rings. The highest BCUT2D eigenvalue weighted by Gasteiger charge is 2.21. The molecular weight excluding hydrogens is 345 g/mol. The van der Waals surface area contributed by atoms with Gasteiger partial charge in [0.05, 0.1) is 5.56 Å². The summed E-state index contributed by atoms with van der Waals surface area (Å²) in [4.78, 5) is 16.7. The predicted molar refractivity (Wildman–Crippen MR) is 100 cm³/mol. The number of benzene rings is 2. The molecule has 2 aromatic carbocycles. The van der Waals surface area contributed by atoms with Crippen molar-refractivity contribution in [3.63, 3.8) is 0 Å². The summed E-state index contributed by atoms with van der Waals surface area (Å²) in [6, 6.07) is 15.7. The van der Waals surface area contributed by atoms with Gasteiger partial charge in [-0.2, -0.15) is 0 Å². The zero-order valence-corrected chi connectivity index (χ0v) is 14.5. The lowest BCUT2D eigenvalue weighted by molar-refractivity contribution is 0.102. The molecule has 1 N–H and O–H groups in total. The monoisotopic (exact) mass is 361 g/mol. The Bertz CT molecular complexity index is 1100. The van der Waals surface area contributed by atoms with Crippen LogP contribution in [-0.2, 0) is 0 Å². The summed E-state index contributed by atoms with van der Waals surface area (Å²) >= 11 is 0. The number of carbonyl (C=O) groups is 1. The summed E-state index contributed by atoms with van der Waals surface area (Å²) in [6.45, 7) is 1.90. The van der Waals surface area contributed by atoms with Gasteiger partial charge in [-0.1, -0.05) is 18.2 Å². The van der Waals surface area contributed by atoms with Gasteiger partial charge in [0, 0.05) is 23.8 Å². The second kappa shape index (κ2) is 6.92. The van der Waals surface area contributed by atoms with Gasteiger partial charge in [-0.15, -0.1) is 0 Å². The first-order valence-electron chi connectivity index (χ1n) is 8.37. The average molecular weight is 361 g/mol. The molecule has 0 saturated carbocycles. The molecule has 4 aromatic rings. The van der Waals surface area contributed by atoms with Crippen molar-refractivity contribution in [1.29, 1.82) is 0 Å². The standard InChI is InChI=1S/C21H16FN3O2/c1-14-8-9-15(25-10-4-5-11-25)12-18(14)24-21(26)19-20(27-13-23-19)16-6-2-3-7-17(16)22/h2-13H,1H3,(H,24,26). The molecule has 0 radical (unpaired) electrons. The second-order valence-corrected chi connectivity index (χ2v) is 6.05. The van der Waals surface area contributed by atoms with Crippen molar-refractivity contribution in [2.24, 2.45) is 0 Å². The van der Waals surface area contributed by atoms with E-state index in [0.29, 0.717) is 5.69 Å². The van der Waals surface area contributed by atoms with Gasteiger partial charge in [-0.3, -0.25) is 4.79 Å². The minimum atomic E-state index is -0.478. The van der Waals surface area contributed by atoms with Crippen LogP contribution in [0.3, 0.4) is 0 Å². The van der Waals surface area contributed by atoms with E-state index in [1.54, 1.807) is 18.2 Å². The number of rotatable bonds is 4. The van der Waals surface area contributed by atoms with Crippen molar-refractivity contribution >= 4 is 11.6 Å². The van der Waals surface area contributed by atoms with E-state index in [0.717, 1.165) is 17.6 Å². The lowest BCUT2D eigenvalue weighted by Crippen LogP contribution is -2.14. The van der Waals surface area contributed by atoms with E-state index in [9.17, 15) is 9.18 Å². The Balaban J connectivity index is 1.66. The average Bonchev–Trinajstić information content (AvgIpc) is 3.35. The number of oxazole rings is 1. The first-order valence-corrected chi connectivity index (χ1v) is 8.37. The fourth-order valence-corrected chi connectivity index (χ4v) is 2.84. The van der Waals surface area contributed by atoms with E-state index in [-0.39, 0.29) is 17.0 Å². The number of nitrogens with one attached hydrogen (secondary N) is 1. The van der Waals surface area contributed by atoms with E-state index in [1.807, 2.05) is 54.2 Å². The number of aromatic nitrogens is 2. The molecule has 0 aliphatic carbocycles. The Morgan fingerprint density at radius 2 is 1.89 bits per heavy atom. The molecule has 4 rings (SSSR count). The van der Waals surface area contributed by atoms with Gasteiger partial charge in [0.25, 0.3) is 5.91 Å². The summed E-state index contributed by atoms with van der Waals surface area (Å²) < 4.78 is 21.3. The van der Waals surface area contributed by atoms with E-state index in [1.165, 1.54) is 6.07 Å². The normalized spacial score (nSPS) is 10.7. The Hall–Kier alpha value is -3.67. The first kappa shape index (κ1) is 16.8. The van der Waals surface area contributed by atoms with Gasteiger partial charge in [-0.25, -0.2) is 9.37 Å². The smallest absolute Gasteiger partial charge is 0.278 e. The molecule has 0 spiro atoms. The summed E-state index contributed by atoms with van der Waals surface area (Å²) in [5, 5.41) is 2.85. The Labute approximate surface area is 155 Å². The Kier molecular flexibility index (Phi) is 4.30. The number of anilines is 1. The largest absolute Gasteiger partial charge is 0.443 e. The van der Waals surface area contributed by atoms with Crippen molar-refractivity contribution < 1.29 is 13.6 Å². The number of hydrogen-bond donors (Lipinski definition) is 1. The van der Waals surface area contributed by atoms with Gasteiger partial charge < -0.3 is 14.3 Å². The highest BCUT2D eigenvalue weighted by atomic mass is 19.1. The number of carbonyl (C=O) groups excluding carboxylic acids is 1. The molecule has 27 heavy (non-hydrogen) atoms. The fraction of sp³-hybridized carbons (Fsp3) is 0.0476. The lowest BCUT2D eigenvalue weighted by Gasteiger charge is -2.11. The van der Waals surface area contributed by atoms with Crippen molar-refractivity contribution in [2.45, 2.75) is 6.92 Å². The van der Waals surface area contributed by atoms with Crippen LogP contribution in [-0.4, -0.2) is 15.5 Å². The topological polar surface area (TPSA) is 60.1 Å². The number of nitrogens with zero attached hydrogens (tertiary/aromatic N) is 2. The maximum absolute atomic E-state index is 14.1. The van der Waals surface area contributed by atoms with Crippen LogP contribution >= 0.6 is 0 Å². The molecule has 0 aliphatic heterocycles. The van der Waals surface area contributed by atoms with E-state index < -0.39 is 11.7 Å². The van der Waals surface area contributed by atoms with Crippen LogP contribution < -0.4 is 5.32 Å². The third-order valence-electron chi connectivity index (χ3n) is 4.27. The molecule has 1 amide bonds. The van der Waals surface area contributed by atoms with Crippen molar-refractivity contribution in [2.75, 3.05) is 5.32 Å². The van der Waals surface area contributed by atoms with Crippen LogP contribution in [0.5, 0.6) is 0 Å². The van der Waals surface area contributed by atoms with Crippen molar-refractivity contribution in [1.82, 2.24) is 9.55 Å². The first-order chi connectivity index (χ1) is 13.1. The molecular formula is C21H16FN3O2. The number of halogens is 1. The molecule has 5 nitrogen and oxygen atoms in total.